The molecule has 1 saturated carbocycles. The molecule has 1 heterocycles. The first-order valence-corrected chi connectivity index (χ1v) is 11.4. The van der Waals surface area contributed by atoms with Gasteiger partial charge < -0.3 is 9.82 Å². The molecular weight excluding hydrogens is 488 g/mol. The molecule has 0 saturated heterocycles. The monoisotopic (exact) mass is 513 g/mol. The number of hydrogen-bond donors (Lipinski definition) is 1. The minimum absolute atomic E-state index is 0.0454. The van der Waals surface area contributed by atoms with Gasteiger partial charge in [0.25, 0.3) is 0 Å². The second-order valence-corrected chi connectivity index (χ2v) is 9.86. The number of nitrogens with zero attached hydrogens (tertiary/aromatic N) is 2. The summed E-state index contributed by atoms with van der Waals surface area (Å²) in [6.07, 6.45) is -5.83. The van der Waals surface area contributed by atoms with Crippen molar-refractivity contribution in [2.75, 3.05) is 0 Å². The van der Waals surface area contributed by atoms with Crippen LogP contribution in [0.1, 0.15) is 50.7 Å². The van der Waals surface area contributed by atoms with E-state index < -0.39 is 29.9 Å². The van der Waals surface area contributed by atoms with E-state index >= 15 is 0 Å². The first-order valence-electron chi connectivity index (χ1n) is 11.4. The van der Waals surface area contributed by atoms with E-state index in [0.717, 1.165) is 24.0 Å². The van der Waals surface area contributed by atoms with E-state index in [-0.39, 0.29) is 28.6 Å². The molecule has 1 N–H and O–H groups in total. The molecule has 1 aromatic heterocycles. The number of nitrogens with one attached hydrogen (secondary N) is 1. The summed E-state index contributed by atoms with van der Waals surface area (Å²) in [5, 5.41) is 1.05. The molecule has 0 amide bonds. The Bertz CT molecular complexity index is 1220. The molecule has 36 heavy (non-hydrogen) atoms. The van der Waals surface area contributed by atoms with E-state index in [2.05, 4.69) is 23.8 Å². The molecule has 0 unspecified atom stereocenters. The minimum Gasteiger partial charge on any atom is -0.360 e. The van der Waals surface area contributed by atoms with Crippen molar-refractivity contribution in [3.63, 3.8) is 0 Å². The maximum Gasteiger partial charge on any atom is 0.492 e. The summed E-state index contributed by atoms with van der Waals surface area (Å²) in [5.41, 5.74) is 0.536. The summed E-state index contributed by atoms with van der Waals surface area (Å²) in [5.74, 6) is -2.30. The van der Waals surface area contributed by atoms with Crippen LogP contribution in [0.15, 0.2) is 42.7 Å². The number of carbonyl (C=O) groups excluding carboxylic acids is 1. The number of H-pyrrole nitrogens is 1. The molecule has 1 aliphatic carbocycles. The number of aromatic amines is 1. The average Bonchev–Trinajstić information content (AvgIpc) is 3.25. The molecule has 0 radical (unpaired) electrons. The number of halogens is 6. The van der Waals surface area contributed by atoms with Crippen molar-refractivity contribution in [2.24, 2.45) is 5.41 Å². The highest BCUT2D eigenvalue weighted by Crippen LogP contribution is 2.40. The number of alkyl halides is 6. The van der Waals surface area contributed by atoms with Gasteiger partial charge in [-0.3, -0.25) is 0 Å². The van der Waals surface area contributed by atoms with Crippen molar-refractivity contribution in [3.8, 4) is 11.1 Å². The maximum atomic E-state index is 13.7. The zero-order valence-electron chi connectivity index (χ0n) is 19.6. The number of benzene rings is 2. The van der Waals surface area contributed by atoms with Gasteiger partial charge in [-0.05, 0) is 59.9 Å². The van der Waals surface area contributed by atoms with Crippen molar-refractivity contribution >= 4 is 17.0 Å². The molecule has 0 atom stereocenters. The van der Waals surface area contributed by atoms with Crippen LogP contribution < -0.4 is 0 Å². The van der Waals surface area contributed by atoms with Crippen molar-refractivity contribution in [3.05, 3.63) is 53.9 Å². The lowest BCUT2D eigenvalue weighted by molar-refractivity contribution is -0.252. The summed E-state index contributed by atoms with van der Waals surface area (Å²) in [7, 11) is 0. The number of aromatic nitrogens is 2. The predicted molar refractivity (Wildman–Crippen MR) is 120 cm³/mol. The predicted octanol–water partition coefficient (Wildman–Crippen LogP) is 7.04. The number of imidazole rings is 1. The Hall–Kier alpha value is -3.08. The lowest BCUT2D eigenvalue weighted by Gasteiger charge is -2.39. The molecule has 1 fully saturated rings. The highest BCUT2D eigenvalue weighted by molar-refractivity contribution is 5.84. The molecule has 11 heteroatoms. The standard InChI is InChI=1S/C25H25F6N3O2/c1-23(2)9-7-17(8-10-23)34(36-22(35)25(29,30)31)13-15-3-5-16(6-4-15)18-11-20-21(33-14-32-20)12-19(18)24(26,27)28/h3-6,11-12,14,17H,7-10,13H2,1-2H3,(H,32,33). The molecule has 0 aliphatic heterocycles. The number of fused-ring (bicyclic) bond motifs is 1. The van der Waals surface area contributed by atoms with Gasteiger partial charge in [-0.25, -0.2) is 9.78 Å². The first-order chi connectivity index (χ1) is 16.7. The number of carbonyl (C=O) groups is 1. The van der Waals surface area contributed by atoms with Gasteiger partial charge in [0, 0.05) is 6.04 Å². The number of hydrogen-bond acceptors (Lipinski definition) is 4. The topological polar surface area (TPSA) is 58.2 Å². The second kappa shape index (κ2) is 9.42. The quantitative estimate of drug-likeness (QED) is 0.294. The van der Waals surface area contributed by atoms with Gasteiger partial charge in [-0.15, -0.1) is 5.06 Å². The largest absolute Gasteiger partial charge is 0.492 e. The number of rotatable bonds is 5. The van der Waals surface area contributed by atoms with E-state index in [1.807, 2.05) is 0 Å². The lowest BCUT2D eigenvalue weighted by atomic mass is 9.75. The highest BCUT2D eigenvalue weighted by Gasteiger charge is 2.44. The minimum atomic E-state index is -5.14. The molecule has 4 rings (SSSR count). The van der Waals surface area contributed by atoms with Gasteiger partial charge >= 0.3 is 18.3 Å². The molecule has 3 aromatic rings. The Balaban J connectivity index is 1.60. The van der Waals surface area contributed by atoms with Crippen molar-refractivity contribution in [1.29, 1.82) is 0 Å². The van der Waals surface area contributed by atoms with Crippen molar-refractivity contribution in [2.45, 2.75) is 64.5 Å². The summed E-state index contributed by atoms with van der Waals surface area (Å²) < 4.78 is 79.8. The van der Waals surface area contributed by atoms with Crippen LogP contribution in [0, 0.1) is 5.41 Å². The SMILES string of the molecule is CC1(C)CCC(N(Cc2ccc(-c3cc4[nH]cnc4cc3C(F)(F)F)cc2)OC(=O)C(F)(F)F)CC1. The smallest absolute Gasteiger partial charge is 0.360 e. The third kappa shape index (κ3) is 5.83. The fourth-order valence-electron chi connectivity index (χ4n) is 4.49. The molecule has 5 nitrogen and oxygen atoms in total. The number of hydroxylamine groups is 2. The maximum absolute atomic E-state index is 13.7. The normalized spacial score (nSPS) is 17.0. The second-order valence-electron chi connectivity index (χ2n) is 9.86. The highest BCUT2D eigenvalue weighted by atomic mass is 19.4. The van der Waals surface area contributed by atoms with E-state index in [0.29, 0.717) is 23.9 Å². The fraction of sp³-hybridized carbons (Fsp3) is 0.440. The van der Waals surface area contributed by atoms with Crippen LogP contribution in [0.4, 0.5) is 26.3 Å². The van der Waals surface area contributed by atoms with E-state index in [1.165, 1.54) is 36.7 Å². The Morgan fingerprint density at radius 2 is 1.72 bits per heavy atom. The third-order valence-electron chi connectivity index (χ3n) is 6.62. The van der Waals surface area contributed by atoms with E-state index in [4.69, 9.17) is 4.84 Å². The summed E-state index contributed by atoms with van der Waals surface area (Å²) >= 11 is 0. The molecule has 194 valence electrons. The van der Waals surface area contributed by atoms with Gasteiger partial charge in [0.15, 0.2) is 0 Å². The van der Waals surface area contributed by atoms with Crippen LogP contribution in [0.2, 0.25) is 0 Å². The van der Waals surface area contributed by atoms with Gasteiger partial charge in [-0.1, -0.05) is 38.1 Å². The van der Waals surface area contributed by atoms with Crippen LogP contribution >= 0.6 is 0 Å². The van der Waals surface area contributed by atoms with E-state index in [1.54, 1.807) is 0 Å². The van der Waals surface area contributed by atoms with Gasteiger partial charge in [0.1, 0.15) is 0 Å². The molecule has 2 aromatic carbocycles. The third-order valence-corrected chi connectivity index (χ3v) is 6.62. The van der Waals surface area contributed by atoms with Crippen LogP contribution in [-0.2, 0) is 22.4 Å². The van der Waals surface area contributed by atoms with Crippen LogP contribution in [-0.4, -0.2) is 33.2 Å². The molecule has 1 aliphatic rings. The average molecular weight is 513 g/mol. The Morgan fingerprint density at radius 3 is 2.31 bits per heavy atom. The molecular formula is C25H25F6N3O2. The van der Waals surface area contributed by atoms with Crippen molar-refractivity contribution in [1.82, 2.24) is 15.0 Å². The van der Waals surface area contributed by atoms with Crippen molar-refractivity contribution < 1.29 is 36.0 Å². The van der Waals surface area contributed by atoms with Gasteiger partial charge in [0.2, 0.25) is 0 Å². The lowest BCUT2D eigenvalue weighted by Crippen LogP contribution is -2.43. The fourth-order valence-corrected chi connectivity index (χ4v) is 4.49. The van der Waals surface area contributed by atoms with Crippen LogP contribution in [0.5, 0.6) is 0 Å². The van der Waals surface area contributed by atoms with Crippen LogP contribution in [0.3, 0.4) is 0 Å². The Kier molecular flexibility index (Phi) is 6.80. The Labute approximate surface area is 203 Å². The Morgan fingerprint density at radius 1 is 1.08 bits per heavy atom. The first kappa shape index (κ1) is 26.0. The van der Waals surface area contributed by atoms with Gasteiger partial charge in [-0.2, -0.15) is 26.3 Å². The summed E-state index contributed by atoms with van der Waals surface area (Å²) in [6.45, 7) is 4.02. The van der Waals surface area contributed by atoms with E-state index in [9.17, 15) is 31.1 Å². The molecule has 0 bridgehead atoms. The summed E-state index contributed by atoms with van der Waals surface area (Å²) in [4.78, 5) is 23.0. The van der Waals surface area contributed by atoms with Gasteiger partial charge in [0.05, 0.1) is 29.5 Å². The molecule has 0 spiro atoms. The van der Waals surface area contributed by atoms with Crippen LogP contribution in [0.25, 0.3) is 22.2 Å². The zero-order chi connectivity index (χ0) is 26.3. The zero-order valence-corrected chi connectivity index (χ0v) is 19.6. The summed E-state index contributed by atoms with van der Waals surface area (Å²) in [6, 6.07) is 7.91.